The Bertz CT molecular complexity index is 1220. The number of carbonyl (C=O) groups excluding carboxylic acids is 3. The fourth-order valence-corrected chi connectivity index (χ4v) is 6.19. The van der Waals surface area contributed by atoms with Crippen LogP contribution in [0.5, 0.6) is 0 Å². The molecule has 220 valence electrons. The third-order valence-electron chi connectivity index (χ3n) is 8.48. The van der Waals surface area contributed by atoms with Crippen molar-refractivity contribution in [2.75, 3.05) is 62.6 Å². The molecule has 0 saturated carbocycles. The zero-order valence-corrected chi connectivity index (χ0v) is 24.2. The van der Waals surface area contributed by atoms with Crippen LogP contribution in [0.4, 0.5) is 11.5 Å². The fourth-order valence-electron chi connectivity index (χ4n) is 6.19. The van der Waals surface area contributed by atoms with Crippen LogP contribution >= 0.6 is 0 Å². The van der Waals surface area contributed by atoms with Gasteiger partial charge >= 0.3 is 0 Å². The smallest absolute Gasteiger partial charge is 0.253 e. The monoisotopic (exact) mass is 562 g/mol. The molecule has 0 radical (unpaired) electrons. The molecule has 3 amide bonds. The van der Waals surface area contributed by atoms with Crippen LogP contribution in [0.3, 0.4) is 0 Å². The van der Waals surface area contributed by atoms with E-state index in [1.165, 1.54) is 0 Å². The van der Waals surface area contributed by atoms with Gasteiger partial charge < -0.3 is 30.0 Å². The Morgan fingerprint density at radius 1 is 0.878 bits per heavy atom. The second-order valence-electron chi connectivity index (χ2n) is 11.6. The summed E-state index contributed by atoms with van der Waals surface area (Å²) in [5.74, 6) is 0.828. The number of nitrogens with zero attached hydrogens (tertiary/aromatic N) is 5. The molecule has 4 heterocycles. The molecule has 0 bridgehead atoms. The number of carbonyl (C=O) groups is 3. The van der Waals surface area contributed by atoms with Crippen LogP contribution in [0.15, 0.2) is 42.6 Å². The predicted octanol–water partition coefficient (Wildman–Crippen LogP) is 2.70. The van der Waals surface area contributed by atoms with Crippen molar-refractivity contribution in [3.8, 4) is 0 Å². The number of aliphatic hydroxyl groups excluding tert-OH is 1. The number of anilines is 2. The van der Waals surface area contributed by atoms with Crippen molar-refractivity contribution in [1.29, 1.82) is 0 Å². The highest BCUT2D eigenvalue weighted by Gasteiger charge is 2.35. The first kappa shape index (κ1) is 28.9. The zero-order valence-electron chi connectivity index (χ0n) is 24.2. The first-order valence-corrected chi connectivity index (χ1v) is 14.9. The van der Waals surface area contributed by atoms with E-state index < -0.39 is 0 Å². The van der Waals surface area contributed by atoms with E-state index in [2.05, 4.69) is 29.0 Å². The van der Waals surface area contributed by atoms with Crippen LogP contribution in [0.2, 0.25) is 0 Å². The summed E-state index contributed by atoms with van der Waals surface area (Å²) in [6.45, 7) is 8.58. The Labute approximate surface area is 242 Å². The number of pyridine rings is 1. The first-order valence-electron chi connectivity index (χ1n) is 14.9. The number of hydrogen-bond acceptors (Lipinski definition) is 7. The summed E-state index contributed by atoms with van der Waals surface area (Å²) >= 11 is 0. The van der Waals surface area contributed by atoms with Crippen LogP contribution in [-0.2, 0) is 4.79 Å². The van der Waals surface area contributed by atoms with Crippen molar-refractivity contribution in [3.63, 3.8) is 0 Å². The SMILES string of the molecule is CC(C)Nc1cccnc1N1CCN(C(=O)c2ccc(C(=O)N3CCC(C(=O)N4CCC[C@@H]4CO)CC3)cc2)CC1. The Morgan fingerprint density at radius 3 is 2.07 bits per heavy atom. The van der Waals surface area contributed by atoms with Crippen LogP contribution < -0.4 is 10.2 Å². The normalized spacial score (nSPS) is 20.0. The Morgan fingerprint density at radius 2 is 1.49 bits per heavy atom. The van der Waals surface area contributed by atoms with Gasteiger partial charge in [-0.15, -0.1) is 0 Å². The van der Waals surface area contributed by atoms with Gasteiger partial charge in [0.2, 0.25) is 5.91 Å². The average molecular weight is 563 g/mol. The van der Waals surface area contributed by atoms with E-state index in [9.17, 15) is 19.5 Å². The molecule has 10 nitrogen and oxygen atoms in total. The van der Waals surface area contributed by atoms with E-state index in [0.717, 1.165) is 24.3 Å². The van der Waals surface area contributed by atoms with Gasteiger partial charge in [0.15, 0.2) is 5.82 Å². The van der Waals surface area contributed by atoms with E-state index in [1.54, 1.807) is 35.4 Å². The molecule has 5 rings (SSSR count). The maximum Gasteiger partial charge on any atom is 0.253 e. The van der Waals surface area contributed by atoms with Crippen molar-refractivity contribution in [2.45, 2.75) is 51.6 Å². The predicted molar refractivity (Wildman–Crippen MR) is 158 cm³/mol. The van der Waals surface area contributed by atoms with E-state index in [1.807, 2.05) is 21.9 Å². The van der Waals surface area contributed by atoms with Gasteiger partial charge in [-0.1, -0.05) is 0 Å². The van der Waals surface area contributed by atoms with Gasteiger partial charge in [0.05, 0.1) is 18.3 Å². The molecule has 2 aromatic rings. The molecule has 1 aromatic heterocycles. The maximum absolute atomic E-state index is 13.2. The quantitative estimate of drug-likeness (QED) is 0.534. The van der Waals surface area contributed by atoms with E-state index >= 15 is 0 Å². The minimum absolute atomic E-state index is 0.0138. The third-order valence-corrected chi connectivity index (χ3v) is 8.48. The molecule has 2 N–H and O–H groups in total. The summed E-state index contributed by atoms with van der Waals surface area (Å²) < 4.78 is 0. The van der Waals surface area contributed by atoms with Gasteiger partial charge in [-0.3, -0.25) is 14.4 Å². The average Bonchev–Trinajstić information content (AvgIpc) is 3.49. The van der Waals surface area contributed by atoms with Crippen molar-refractivity contribution in [2.24, 2.45) is 5.92 Å². The third kappa shape index (κ3) is 6.48. The number of piperazine rings is 1. The number of piperidine rings is 1. The summed E-state index contributed by atoms with van der Waals surface area (Å²) in [6.07, 6.45) is 4.86. The zero-order chi connectivity index (χ0) is 28.9. The topological polar surface area (TPSA) is 109 Å². The molecule has 0 unspecified atom stereocenters. The van der Waals surface area contributed by atoms with E-state index in [4.69, 9.17) is 0 Å². The molecular weight excluding hydrogens is 520 g/mol. The largest absolute Gasteiger partial charge is 0.394 e. The highest BCUT2D eigenvalue weighted by Crippen LogP contribution is 2.27. The highest BCUT2D eigenvalue weighted by atomic mass is 16.3. The van der Waals surface area contributed by atoms with Crippen molar-refractivity contribution < 1.29 is 19.5 Å². The van der Waals surface area contributed by atoms with Crippen LogP contribution in [-0.4, -0.2) is 107 Å². The van der Waals surface area contributed by atoms with Gasteiger partial charge in [-0.25, -0.2) is 4.98 Å². The minimum atomic E-state index is -0.0950. The van der Waals surface area contributed by atoms with Crippen molar-refractivity contribution in [3.05, 3.63) is 53.7 Å². The number of benzene rings is 1. The molecule has 41 heavy (non-hydrogen) atoms. The Hall–Kier alpha value is -3.66. The number of likely N-dealkylation sites (tertiary alicyclic amines) is 2. The number of rotatable bonds is 7. The fraction of sp³-hybridized carbons (Fsp3) is 0.548. The molecular formula is C31H42N6O4. The number of nitrogens with one attached hydrogen (secondary N) is 1. The van der Waals surface area contributed by atoms with Gasteiger partial charge in [-0.05, 0) is 75.9 Å². The summed E-state index contributed by atoms with van der Waals surface area (Å²) in [6, 6.07) is 11.1. The molecule has 1 aromatic carbocycles. The van der Waals surface area contributed by atoms with Gasteiger partial charge in [0.1, 0.15) is 0 Å². The van der Waals surface area contributed by atoms with Crippen LogP contribution in [0.25, 0.3) is 0 Å². The number of aliphatic hydroxyl groups is 1. The second-order valence-corrected chi connectivity index (χ2v) is 11.6. The maximum atomic E-state index is 13.2. The van der Waals surface area contributed by atoms with Crippen LogP contribution in [0.1, 0.15) is 60.2 Å². The molecule has 3 aliphatic heterocycles. The highest BCUT2D eigenvalue weighted by molar-refractivity contribution is 5.98. The second kappa shape index (κ2) is 12.9. The van der Waals surface area contributed by atoms with Gasteiger partial charge in [-0.2, -0.15) is 0 Å². The Balaban J connectivity index is 1.12. The first-order chi connectivity index (χ1) is 19.9. The lowest BCUT2D eigenvalue weighted by atomic mass is 9.94. The van der Waals surface area contributed by atoms with E-state index in [-0.39, 0.29) is 36.3 Å². The molecule has 3 fully saturated rings. The van der Waals surface area contributed by atoms with Crippen molar-refractivity contribution in [1.82, 2.24) is 19.7 Å². The van der Waals surface area contributed by atoms with E-state index in [0.29, 0.717) is 75.8 Å². The van der Waals surface area contributed by atoms with Crippen molar-refractivity contribution >= 4 is 29.2 Å². The number of hydrogen-bond donors (Lipinski definition) is 2. The lowest BCUT2D eigenvalue weighted by molar-refractivity contribution is -0.138. The lowest BCUT2D eigenvalue weighted by Crippen LogP contribution is -2.49. The van der Waals surface area contributed by atoms with Crippen LogP contribution in [0, 0.1) is 5.92 Å². The molecule has 0 spiro atoms. The number of amides is 3. The Kier molecular flexibility index (Phi) is 9.07. The minimum Gasteiger partial charge on any atom is -0.394 e. The molecule has 0 aliphatic carbocycles. The lowest BCUT2D eigenvalue weighted by Gasteiger charge is -2.36. The summed E-state index contributed by atoms with van der Waals surface area (Å²) in [7, 11) is 0. The molecule has 3 aliphatic rings. The number of aromatic nitrogens is 1. The van der Waals surface area contributed by atoms with Gasteiger partial charge in [0, 0.05) is 75.1 Å². The molecule has 1 atom stereocenters. The standard InChI is InChI=1S/C31H42N6O4/c1-22(2)33-27-6-3-13-32-28(27)34-17-19-36(20-18-34)30(40)24-9-7-23(8-10-24)29(39)35-15-11-25(12-16-35)31(41)37-14-4-5-26(37)21-38/h3,6-10,13,22,25-26,33,38H,4-5,11-12,14-21H2,1-2H3/t26-/m1/s1. The van der Waals surface area contributed by atoms with Gasteiger partial charge in [0.25, 0.3) is 11.8 Å². The summed E-state index contributed by atoms with van der Waals surface area (Å²) in [5, 5.41) is 13.0. The summed E-state index contributed by atoms with van der Waals surface area (Å²) in [5.41, 5.74) is 2.13. The molecule has 10 heteroatoms. The summed E-state index contributed by atoms with van der Waals surface area (Å²) in [4.78, 5) is 51.6. The molecule has 3 saturated heterocycles.